The number of hydrogen-bond acceptors (Lipinski definition) is 4. The average molecular weight is 1270 g/mol. The molecule has 458 valence electrons. The molecule has 0 spiro atoms. The first-order chi connectivity index (χ1) is 46.3. The molecule has 0 saturated heterocycles. The Bertz CT molecular complexity index is 5960. The minimum Gasteiger partial charge on any atom is -0.245 e. The number of rotatable bonds is 5. The first-order valence-corrected chi connectivity index (χ1v) is 32.8. The summed E-state index contributed by atoms with van der Waals surface area (Å²) in [6.07, 6.45) is 7.90. The van der Waals surface area contributed by atoms with Crippen LogP contribution in [0.15, 0.2) is 243 Å². The molecule has 0 amide bonds. The van der Waals surface area contributed by atoms with Crippen molar-refractivity contribution in [2.24, 2.45) is 21.1 Å². The summed E-state index contributed by atoms with van der Waals surface area (Å²) in [5, 5.41) is 14.1. The molecule has 0 aliphatic rings. The van der Waals surface area contributed by atoms with Crippen molar-refractivity contribution in [1.82, 2.24) is 4.98 Å². The van der Waals surface area contributed by atoms with Gasteiger partial charge in [0.25, 0.3) is 0 Å². The lowest BCUT2D eigenvalue weighted by molar-refractivity contribution is -0.659. The molecule has 7 heterocycles. The Balaban J connectivity index is 0.000000139. The predicted octanol–water partition coefficient (Wildman–Crippen LogP) is 23.6. The molecule has 93 heavy (non-hydrogen) atoms. The molecule has 0 bridgehead atoms. The summed E-state index contributed by atoms with van der Waals surface area (Å²) in [5.41, 5.74) is 17.3. The predicted molar refractivity (Wildman–Crippen MR) is 408 cm³/mol. The fourth-order valence-electron chi connectivity index (χ4n) is 13.3. The third kappa shape index (κ3) is 11.2. The van der Waals surface area contributed by atoms with Crippen LogP contribution in [-0.4, -0.2) is 4.98 Å². The van der Waals surface area contributed by atoms with Gasteiger partial charge in [-0.2, -0.15) is 13.7 Å². The fraction of sp³-hybridized carbons (Fsp3) is 0.140. The van der Waals surface area contributed by atoms with Crippen LogP contribution in [-0.2, 0) is 21.1 Å². The summed E-state index contributed by atoms with van der Waals surface area (Å²) in [5.74, 6) is 0. The number of fused-ring (bicyclic) bond motifs is 15. The van der Waals surface area contributed by atoms with E-state index in [1.807, 2.05) is 77.7 Å². The van der Waals surface area contributed by atoms with E-state index in [4.69, 9.17) is 8.22 Å². The SMILES string of the molecule is C.C.C.Cc1ccc(-c2ccc3c(ccc4sc5c(-c6ccccc6C)[n+](C)ccc5c43)c2)cc1.Cc1ccccc1-c1c2sc3ccc4cc(-c5ccccc5)ccc4c3c2cc[n+]1C.[2H]C([2H])([2H])c1ccc(-c2c3sc4ncc5ccccc5c4c3c(C([2H])([2H])[2H])c[n+]2C)c(C)c1. The Kier molecular flexibility index (Phi) is 15.5. The molecule has 17 aromatic rings. The van der Waals surface area contributed by atoms with Gasteiger partial charge in [0.05, 0.1) is 16.7 Å². The van der Waals surface area contributed by atoms with E-state index in [0.29, 0.717) is 5.39 Å². The highest BCUT2D eigenvalue weighted by molar-refractivity contribution is 7.27. The van der Waals surface area contributed by atoms with E-state index in [1.165, 1.54) is 135 Å². The van der Waals surface area contributed by atoms with E-state index in [1.54, 1.807) is 18.3 Å². The van der Waals surface area contributed by atoms with Crippen molar-refractivity contribution in [3.63, 3.8) is 0 Å². The Morgan fingerprint density at radius 1 is 0.344 bits per heavy atom. The summed E-state index contributed by atoms with van der Waals surface area (Å²) in [6, 6.07) is 77.2. The lowest BCUT2D eigenvalue weighted by atomic mass is 9.97. The van der Waals surface area contributed by atoms with Crippen molar-refractivity contribution in [1.29, 1.82) is 0 Å². The molecule has 17 rings (SSSR count). The molecule has 7 heteroatoms. The van der Waals surface area contributed by atoms with E-state index >= 15 is 0 Å². The zero-order valence-corrected chi connectivity index (χ0v) is 53.6. The van der Waals surface area contributed by atoms with Crippen molar-refractivity contribution in [3.8, 4) is 56.0 Å². The number of nitrogens with zero attached hydrogens (tertiary/aromatic N) is 4. The van der Waals surface area contributed by atoms with Gasteiger partial charge in [-0.15, -0.1) is 34.0 Å². The van der Waals surface area contributed by atoms with Crippen LogP contribution < -0.4 is 13.7 Å². The Morgan fingerprint density at radius 3 is 1.40 bits per heavy atom. The molecule has 0 unspecified atom stereocenters. The van der Waals surface area contributed by atoms with E-state index in [9.17, 15) is 0 Å². The zero-order valence-electron chi connectivity index (χ0n) is 57.1. The zero-order chi connectivity index (χ0) is 66.5. The van der Waals surface area contributed by atoms with Gasteiger partial charge in [-0.3, -0.25) is 0 Å². The third-order valence-corrected chi connectivity index (χ3v) is 21.3. The molecule has 0 saturated carbocycles. The Labute approximate surface area is 567 Å². The lowest BCUT2D eigenvalue weighted by Crippen LogP contribution is -2.31. The molecular formula is C86H79N4S3+3. The summed E-state index contributed by atoms with van der Waals surface area (Å²) >= 11 is 5.27. The summed E-state index contributed by atoms with van der Waals surface area (Å²) in [6.45, 7) is 3.92. The standard InChI is InChI=1S/C30H24NS.C29H22NS.C24H21N2S.3CH4/c1-19-8-10-21(11-9-19)22-12-14-25-23(18-22)13-15-27-28(25)26-16-17-31(3)29(30(26)32-27)24-7-5-4-6-20(24)2;1-19-8-6-7-11-23(19)28-29-25(16-17-30(28)2)27-24-14-12-21(20-9-4-3-5-10-20)18-22(24)13-15-26(27)31-29;1-14-9-10-18(15(2)11-14)22-23-20(16(3)13-26(22)4)21-19-8-6-5-7-17(19)12-25-24(21)27-23;;;/h4-18H,1-3H3;3-18H,1-2H3;5-13H,1-4H3;3*1H4/q3*+1;;;/i;;1D3,3D3;;;. The minimum absolute atomic E-state index is 0. The maximum absolute atomic E-state index is 8.23. The van der Waals surface area contributed by atoms with Crippen LogP contribution in [0.4, 0.5) is 0 Å². The lowest BCUT2D eigenvalue weighted by Gasteiger charge is -2.08. The Morgan fingerprint density at radius 2 is 0.839 bits per heavy atom. The van der Waals surface area contributed by atoms with Crippen LogP contribution in [0.1, 0.15) is 63.9 Å². The Hall–Kier alpha value is -9.76. The number of hydrogen-bond donors (Lipinski definition) is 0. The molecule has 0 atom stereocenters. The summed E-state index contributed by atoms with van der Waals surface area (Å²) < 4.78 is 60.4. The van der Waals surface area contributed by atoms with Gasteiger partial charge < -0.3 is 0 Å². The first-order valence-electron chi connectivity index (χ1n) is 33.3. The monoisotopic (exact) mass is 1270 g/mol. The van der Waals surface area contributed by atoms with Gasteiger partial charge >= 0.3 is 0 Å². The van der Waals surface area contributed by atoms with Gasteiger partial charge in [0.1, 0.15) is 40.1 Å². The van der Waals surface area contributed by atoms with Crippen LogP contribution in [0.5, 0.6) is 0 Å². The molecule has 7 aromatic heterocycles. The van der Waals surface area contributed by atoms with Gasteiger partial charge in [-0.25, -0.2) is 4.98 Å². The highest BCUT2D eigenvalue weighted by Crippen LogP contribution is 2.46. The number of pyridine rings is 4. The van der Waals surface area contributed by atoms with E-state index in [-0.39, 0.29) is 33.4 Å². The highest BCUT2D eigenvalue weighted by atomic mass is 32.1. The van der Waals surface area contributed by atoms with Crippen molar-refractivity contribution < 1.29 is 21.9 Å². The average Bonchev–Trinajstić information content (AvgIpc) is 1.60. The second-order valence-electron chi connectivity index (χ2n) is 23.7. The minimum atomic E-state index is -2.31. The van der Waals surface area contributed by atoms with Crippen LogP contribution in [0.3, 0.4) is 0 Å². The van der Waals surface area contributed by atoms with Gasteiger partial charge in [0.15, 0.2) is 18.6 Å². The second-order valence-corrected chi connectivity index (χ2v) is 26.8. The van der Waals surface area contributed by atoms with Crippen LogP contribution >= 0.6 is 34.0 Å². The molecule has 0 N–H and O–H groups in total. The summed E-state index contributed by atoms with van der Waals surface area (Å²) in [7, 11) is 6.13. The topological polar surface area (TPSA) is 24.5 Å². The van der Waals surface area contributed by atoms with Gasteiger partial charge in [0.2, 0.25) is 17.1 Å². The van der Waals surface area contributed by atoms with Crippen molar-refractivity contribution in [3.05, 3.63) is 277 Å². The quantitative estimate of drug-likeness (QED) is 0.158. The van der Waals surface area contributed by atoms with Crippen molar-refractivity contribution in [2.45, 2.75) is 63.7 Å². The second kappa shape index (κ2) is 25.7. The third-order valence-electron chi connectivity index (χ3n) is 17.9. The van der Waals surface area contributed by atoms with Crippen molar-refractivity contribution in [2.75, 3.05) is 0 Å². The molecule has 0 fully saturated rings. The molecule has 4 nitrogen and oxygen atoms in total. The maximum atomic E-state index is 8.23. The number of aryl methyl sites for hydroxylation is 9. The van der Waals surface area contributed by atoms with E-state index < -0.39 is 13.7 Å². The molecule has 0 aliphatic heterocycles. The molecular weight excluding hydrogens is 1190 g/mol. The molecule has 0 aliphatic carbocycles. The number of benzene rings is 10. The van der Waals surface area contributed by atoms with Gasteiger partial charge in [-0.1, -0.05) is 197 Å². The fourth-order valence-corrected chi connectivity index (χ4v) is 17.2. The van der Waals surface area contributed by atoms with Gasteiger partial charge in [-0.05, 0) is 150 Å². The summed E-state index contributed by atoms with van der Waals surface area (Å²) in [4.78, 5) is 5.43. The van der Waals surface area contributed by atoms with Crippen LogP contribution in [0, 0.1) is 41.4 Å². The van der Waals surface area contributed by atoms with Gasteiger partial charge in [0, 0.05) is 79.2 Å². The smallest absolute Gasteiger partial charge is 0.230 e. The van der Waals surface area contributed by atoms with Crippen molar-refractivity contribution >= 4 is 127 Å². The van der Waals surface area contributed by atoms with E-state index in [2.05, 4.69) is 237 Å². The largest absolute Gasteiger partial charge is 0.245 e. The molecule has 10 aromatic carbocycles. The van der Waals surface area contributed by atoms with Crippen LogP contribution in [0.2, 0.25) is 0 Å². The maximum Gasteiger partial charge on any atom is 0.230 e. The normalized spacial score (nSPS) is 12.5. The number of aromatic nitrogens is 4. The van der Waals surface area contributed by atoms with E-state index in [0.717, 1.165) is 42.5 Å². The molecule has 0 radical (unpaired) electrons. The highest BCUT2D eigenvalue weighted by Gasteiger charge is 2.26. The van der Waals surface area contributed by atoms with Crippen LogP contribution in [0.25, 0.3) is 149 Å². The first kappa shape index (κ1) is 56.0. The number of thiophene rings is 3.